The van der Waals surface area contributed by atoms with Crippen molar-refractivity contribution in [3.8, 4) is 10.4 Å². The maximum Gasteiger partial charge on any atom is 0.341 e. The number of anilines is 1. The van der Waals surface area contributed by atoms with Gasteiger partial charge in [0.15, 0.2) is 5.82 Å². The van der Waals surface area contributed by atoms with E-state index in [1.54, 1.807) is 4.57 Å². The summed E-state index contributed by atoms with van der Waals surface area (Å²) in [6, 6.07) is 1.93. The summed E-state index contributed by atoms with van der Waals surface area (Å²) in [5.41, 5.74) is 6.39. The van der Waals surface area contributed by atoms with Crippen LogP contribution in [0.15, 0.2) is 17.1 Å². The molecule has 0 bridgehead atoms. The highest BCUT2D eigenvalue weighted by atomic mass is 35.5. The van der Waals surface area contributed by atoms with Gasteiger partial charge in [-0.05, 0) is 49.7 Å². The third-order valence-electron chi connectivity index (χ3n) is 6.18. The molecule has 5 rings (SSSR count). The van der Waals surface area contributed by atoms with Crippen LogP contribution in [-0.2, 0) is 6.42 Å². The molecule has 156 valence electrons. The molecule has 2 heterocycles. The predicted molar refractivity (Wildman–Crippen MR) is 117 cm³/mol. The van der Waals surface area contributed by atoms with E-state index in [0.717, 1.165) is 32.1 Å². The standard InChI is InChI=1S/C22H20ClFN2O3S/c1-9-3-2-4-10-7-13(30-21(9)10)14-16(23)18(25)15-19(17(14)24)26(11-5-6-11)8-12(20(15)27)22(28)29/h7-9,11H,2-6,25H2,1H3,(H,28,29). The van der Waals surface area contributed by atoms with Gasteiger partial charge in [0.25, 0.3) is 0 Å². The fourth-order valence-corrected chi connectivity index (χ4v) is 6.16. The van der Waals surface area contributed by atoms with E-state index < -0.39 is 22.8 Å². The summed E-state index contributed by atoms with van der Waals surface area (Å²) >= 11 is 8.03. The molecule has 1 fully saturated rings. The van der Waals surface area contributed by atoms with Gasteiger partial charge in [-0.2, -0.15) is 0 Å². The van der Waals surface area contributed by atoms with Crippen LogP contribution in [0.4, 0.5) is 10.1 Å². The van der Waals surface area contributed by atoms with Gasteiger partial charge in [0, 0.05) is 22.0 Å². The molecule has 30 heavy (non-hydrogen) atoms. The first kappa shape index (κ1) is 19.6. The Morgan fingerprint density at radius 2 is 2.10 bits per heavy atom. The van der Waals surface area contributed by atoms with Crippen LogP contribution in [0.2, 0.25) is 5.02 Å². The lowest BCUT2D eigenvalue weighted by molar-refractivity contribution is 0.0695. The van der Waals surface area contributed by atoms with E-state index in [4.69, 9.17) is 17.3 Å². The maximum absolute atomic E-state index is 16.0. The lowest BCUT2D eigenvalue weighted by Crippen LogP contribution is -2.21. The Morgan fingerprint density at radius 3 is 2.73 bits per heavy atom. The van der Waals surface area contributed by atoms with E-state index in [-0.39, 0.29) is 33.2 Å². The zero-order valence-corrected chi connectivity index (χ0v) is 17.9. The molecule has 3 aromatic rings. The van der Waals surface area contributed by atoms with Gasteiger partial charge < -0.3 is 15.4 Å². The number of nitrogens with zero attached hydrogens (tertiary/aromatic N) is 1. The summed E-state index contributed by atoms with van der Waals surface area (Å²) in [4.78, 5) is 26.4. The quantitative estimate of drug-likeness (QED) is 0.514. The van der Waals surface area contributed by atoms with Crippen LogP contribution in [0.1, 0.15) is 65.4 Å². The highest BCUT2D eigenvalue weighted by Gasteiger charge is 2.32. The number of halogens is 2. The Hall–Kier alpha value is -2.38. The van der Waals surface area contributed by atoms with Crippen LogP contribution in [0.3, 0.4) is 0 Å². The van der Waals surface area contributed by atoms with Crippen LogP contribution in [0, 0.1) is 5.82 Å². The molecule has 0 radical (unpaired) electrons. The van der Waals surface area contributed by atoms with E-state index in [1.807, 2.05) is 6.07 Å². The molecule has 2 aromatic heterocycles. The zero-order chi connectivity index (χ0) is 21.3. The summed E-state index contributed by atoms with van der Waals surface area (Å²) in [5.74, 6) is -1.57. The minimum absolute atomic E-state index is 0.0340. The number of carbonyl (C=O) groups is 1. The summed E-state index contributed by atoms with van der Waals surface area (Å²) < 4.78 is 17.5. The Balaban J connectivity index is 1.86. The number of nitrogens with two attached hydrogens (primary N) is 1. The smallest absolute Gasteiger partial charge is 0.341 e. The predicted octanol–water partition coefficient (Wildman–Crippen LogP) is 5.58. The van der Waals surface area contributed by atoms with Gasteiger partial charge in [-0.3, -0.25) is 4.79 Å². The number of hydrogen-bond acceptors (Lipinski definition) is 4. The lowest BCUT2D eigenvalue weighted by atomic mass is 9.90. The number of carboxylic acids is 1. The van der Waals surface area contributed by atoms with Crippen molar-refractivity contribution in [1.82, 2.24) is 4.57 Å². The summed E-state index contributed by atoms with van der Waals surface area (Å²) in [5, 5.41) is 9.27. The van der Waals surface area contributed by atoms with Gasteiger partial charge in [-0.1, -0.05) is 18.5 Å². The second kappa shape index (κ2) is 6.82. The van der Waals surface area contributed by atoms with Crippen LogP contribution in [0.25, 0.3) is 21.3 Å². The van der Waals surface area contributed by atoms with Crippen molar-refractivity contribution in [3.05, 3.63) is 49.3 Å². The van der Waals surface area contributed by atoms with Crippen molar-refractivity contribution in [2.24, 2.45) is 0 Å². The molecule has 2 aliphatic rings. The Labute approximate surface area is 180 Å². The number of benzene rings is 1. The fraction of sp³-hybridized carbons (Fsp3) is 0.364. The molecule has 1 unspecified atom stereocenters. The summed E-state index contributed by atoms with van der Waals surface area (Å²) in [6.07, 6.45) is 5.97. The number of thiophene rings is 1. The van der Waals surface area contributed by atoms with Crippen LogP contribution in [0.5, 0.6) is 0 Å². The van der Waals surface area contributed by atoms with Gasteiger partial charge in [0.05, 0.1) is 27.2 Å². The van der Waals surface area contributed by atoms with E-state index in [9.17, 15) is 14.7 Å². The SMILES string of the molecule is CC1CCCc2cc(-c3c(Cl)c(N)c4c(=O)c(C(=O)O)cn(C5CC5)c4c3F)sc21. The number of aromatic carboxylic acids is 1. The molecule has 0 spiro atoms. The second-order valence-corrected chi connectivity index (χ2v) is 9.71. The minimum Gasteiger partial charge on any atom is -0.477 e. The van der Waals surface area contributed by atoms with Crippen LogP contribution >= 0.6 is 22.9 Å². The third kappa shape index (κ3) is 2.79. The molecule has 5 nitrogen and oxygen atoms in total. The Kier molecular flexibility index (Phi) is 4.45. The topological polar surface area (TPSA) is 85.3 Å². The van der Waals surface area contributed by atoms with E-state index in [2.05, 4.69) is 6.92 Å². The summed E-state index contributed by atoms with van der Waals surface area (Å²) in [6.45, 7) is 2.17. The molecular formula is C22H20ClFN2O3S. The van der Waals surface area contributed by atoms with Gasteiger partial charge in [-0.25, -0.2) is 9.18 Å². The van der Waals surface area contributed by atoms with Crippen LogP contribution in [-0.4, -0.2) is 15.6 Å². The molecule has 0 amide bonds. The normalized spacial score (nSPS) is 18.6. The monoisotopic (exact) mass is 446 g/mol. The van der Waals surface area contributed by atoms with Gasteiger partial charge >= 0.3 is 5.97 Å². The first-order valence-corrected chi connectivity index (χ1v) is 11.2. The largest absolute Gasteiger partial charge is 0.477 e. The number of carboxylic acid groups (broad SMARTS) is 1. The third-order valence-corrected chi connectivity index (χ3v) is 8.00. The van der Waals surface area contributed by atoms with Crippen molar-refractivity contribution in [2.75, 3.05) is 5.73 Å². The molecule has 0 saturated heterocycles. The van der Waals surface area contributed by atoms with E-state index in [0.29, 0.717) is 10.8 Å². The molecule has 1 saturated carbocycles. The number of rotatable bonds is 3. The zero-order valence-electron chi connectivity index (χ0n) is 16.3. The van der Waals surface area contributed by atoms with Crippen molar-refractivity contribution in [2.45, 2.75) is 51.0 Å². The molecule has 2 aliphatic carbocycles. The average molecular weight is 447 g/mol. The average Bonchev–Trinajstić information content (AvgIpc) is 3.45. The number of nitrogen functional groups attached to an aromatic ring is 1. The number of fused-ring (bicyclic) bond motifs is 2. The Morgan fingerprint density at radius 1 is 1.37 bits per heavy atom. The van der Waals surface area contributed by atoms with Crippen molar-refractivity contribution >= 4 is 45.5 Å². The Bertz CT molecular complexity index is 1290. The maximum atomic E-state index is 16.0. The minimum atomic E-state index is -1.36. The fourth-order valence-electron chi connectivity index (χ4n) is 4.48. The second-order valence-electron chi connectivity index (χ2n) is 8.25. The van der Waals surface area contributed by atoms with E-state index >= 15 is 4.39 Å². The molecular weight excluding hydrogens is 427 g/mol. The summed E-state index contributed by atoms with van der Waals surface area (Å²) in [7, 11) is 0. The number of pyridine rings is 1. The number of aromatic nitrogens is 1. The number of aryl methyl sites for hydroxylation is 1. The lowest BCUT2D eigenvalue weighted by Gasteiger charge is -2.17. The highest BCUT2D eigenvalue weighted by molar-refractivity contribution is 7.15. The highest BCUT2D eigenvalue weighted by Crippen LogP contribution is 2.48. The van der Waals surface area contributed by atoms with Crippen molar-refractivity contribution in [3.63, 3.8) is 0 Å². The number of hydrogen-bond donors (Lipinski definition) is 2. The van der Waals surface area contributed by atoms with E-state index in [1.165, 1.54) is 28.0 Å². The van der Waals surface area contributed by atoms with Crippen LogP contribution < -0.4 is 11.2 Å². The molecule has 8 heteroatoms. The van der Waals surface area contributed by atoms with Crippen molar-refractivity contribution in [1.29, 1.82) is 0 Å². The van der Waals surface area contributed by atoms with Gasteiger partial charge in [0.1, 0.15) is 5.56 Å². The molecule has 0 aliphatic heterocycles. The first-order chi connectivity index (χ1) is 14.3. The molecule has 3 N–H and O–H groups in total. The van der Waals surface area contributed by atoms with Crippen molar-refractivity contribution < 1.29 is 14.3 Å². The molecule has 1 aromatic carbocycles. The first-order valence-electron chi connectivity index (χ1n) is 10.0. The van der Waals surface area contributed by atoms with Gasteiger partial charge in [0.2, 0.25) is 5.43 Å². The van der Waals surface area contributed by atoms with Gasteiger partial charge in [-0.15, -0.1) is 11.3 Å². The molecule has 1 atom stereocenters.